The molecule has 0 bridgehead atoms. The lowest BCUT2D eigenvalue weighted by Crippen LogP contribution is -2.32. The van der Waals surface area contributed by atoms with Crippen LogP contribution in [0.25, 0.3) is 78.8 Å². The minimum atomic E-state index is -0.825. The summed E-state index contributed by atoms with van der Waals surface area (Å²) in [5.41, 5.74) is 12.1. The van der Waals surface area contributed by atoms with Crippen molar-refractivity contribution in [3.8, 4) is 79.4 Å². The third-order valence-corrected chi connectivity index (χ3v) is 11.8. The second-order valence-corrected chi connectivity index (χ2v) is 15.1. The van der Waals surface area contributed by atoms with Crippen molar-refractivity contribution in [2.45, 2.75) is 5.41 Å². The zero-order valence-corrected chi connectivity index (χ0v) is 32.2. The summed E-state index contributed by atoms with van der Waals surface area (Å²) in [7, 11) is 0. The maximum atomic E-state index is 6.76. The Bertz CT molecular complexity index is 3190. The quantitative estimate of drug-likeness (QED) is 0.174. The highest BCUT2D eigenvalue weighted by Gasteiger charge is 2.53. The van der Waals surface area contributed by atoms with E-state index in [0.717, 1.165) is 89.3 Å². The molecule has 0 atom stereocenters. The van der Waals surface area contributed by atoms with Crippen molar-refractivity contribution in [3.05, 3.63) is 222 Å². The molecule has 280 valence electrons. The van der Waals surface area contributed by atoms with Crippen LogP contribution in [0.1, 0.15) is 22.3 Å². The van der Waals surface area contributed by atoms with Crippen molar-refractivity contribution < 1.29 is 4.74 Å². The van der Waals surface area contributed by atoms with E-state index in [-0.39, 0.29) is 0 Å². The van der Waals surface area contributed by atoms with E-state index in [1.54, 1.807) is 0 Å². The number of ether oxygens (including phenoxy) is 1. The normalized spacial score (nSPS) is 12.9. The number of aromatic nitrogens is 5. The van der Waals surface area contributed by atoms with E-state index in [9.17, 15) is 0 Å². The van der Waals surface area contributed by atoms with Crippen molar-refractivity contribution >= 4 is 10.9 Å². The molecule has 12 rings (SSSR count). The summed E-state index contributed by atoms with van der Waals surface area (Å²) >= 11 is 0. The van der Waals surface area contributed by atoms with Crippen LogP contribution in [0.4, 0.5) is 0 Å². The molecule has 0 N–H and O–H groups in total. The van der Waals surface area contributed by atoms with Gasteiger partial charge in [0, 0.05) is 44.3 Å². The van der Waals surface area contributed by atoms with E-state index in [1.165, 1.54) is 0 Å². The van der Waals surface area contributed by atoms with Crippen LogP contribution >= 0.6 is 0 Å². The SMILES string of the molecule is c1ccc(-c2nc(-c3ccccc3)nc(-c3cccc4c3C3(c5ccccc5Oc5ccccc53)c3cccc(-c5nc(-c6ccccc6)c6ccccc6n5)c3-4)n2)cc1. The average molecular weight is 768 g/mol. The van der Waals surface area contributed by atoms with Crippen LogP contribution in [0.2, 0.25) is 0 Å². The fourth-order valence-corrected chi connectivity index (χ4v) is 9.32. The maximum Gasteiger partial charge on any atom is 0.164 e. The number of nitrogens with zero attached hydrogens (tertiary/aromatic N) is 5. The van der Waals surface area contributed by atoms with Gasteiger partial charge in [-0.05, 0) is 40.5 Å². The van der Waals surface area contributed by atoms with Crippen molar-refractivity contribution in [1.29, 1.82) is 0 Å². The van der Waals surface area contributed by atoms with Gasteiger partial charge in [-0.25, -0.2) is 24.9 Å². The molecule has 0 saturated carbocycles. The van der Waals surface area contributed by atoms with Gasteiger partial charge < -0.3 is 4.74 Å². The highest BCUT2D eigenvalue weighted by Crippen LogP contribution is 2.65. The first-order valence-electron chi connectivity index (χ1n) is 20.1. The largest absolute Gasteiger partial charge is 0.457 e. The molecular formula is C54H33N5O. The summed E-state index contributed by atoms with van der Waals surface area (Å²) in [5, 5.41) is 1.00. The highest BCUT2D eigenvalue weighted by molar-refractivity contribution is 6.00. The van der Waals surface area contributed by atoms with E-state index < -0.39 is 5.41 Å². The van der Waals surface area contributed by atoms with Gasteiger partial charge >= 0.3 is 0 Å². The van der Waals surface area contributed by atoms with Crippen LogP contribution < -0.4 is 4.74 Å². The fraction of sp³-hybridized carbons (Fsp3) is 0.0185. The van der Waals surface area contributed by atoms with Crippen LogP contribution in [0.15, 0.2) is 200 Å². The smallest absolute Gasteiger partial charge is 0.164 e. The first-order chi connectivity index (χ1) is 29.8. The molecule has 1 aliphatic heterocycles. The van der Waals surface area contributed by atoms with Gasteiger partial charge in [-0.15, -0.1) is 0 Å². The van der Waals surface area contributed by atoms with E-state index in [0.29, 0.717) is 23.3 Å². The van der Waals surface area contributed by atoms with Crippen LogP contribution in [-0.4, -0.2) is 24.9 Å². The molecule has 60 heavy (non-hydrogen) atoms. The maximum absolute atomic E-state index is 6.76. The molecule has 2 aromatic heterocycles. The fourth-order valence-electron chi connectivity index (χ4n) is 9.32. The summed E-state index contributed by atoms with van der Waals surface area (Å²) in [6, 6.07) is 68.8. The summed E-state index contributed by atoms with van der Waals surface area (Å²) in [5.74, 6) is 4.05. The van der Waals surface area contributed by atoms with Gasteiger partial charge in [0.05, 0.1) is 16.6 Å². The Morgan fingerprint density at radius 3 is 1.48 bits per heavy atom. The van der Waals surface area contributed by atoms with Crippen molar-refractivity contribution in [2.75, 3.05) is 0 Å². The van der Waals surface area contributed by atoms with Crippen molar-refractivity contribution in [2.24, 2.45) is 0 Å². The first kappa shape index (κ1) is 34.0. The van der Waals surface area contributed by atoms with Gasteiger partial charge in [-0.3, -0.25) is 0 Å². The predicted molar refractivity (Wildman–Crippen MR) is 237 cm³/mol. The van der Waals surface area contributed by atoms with Crippen LogP contribution in [0, 0.1) is 0 Å². The second kappa shape index (κ2) is 13.5. The first-order valence-corrected chi connectivity index (χ1v) is 20.1. The minimum absolute atomic E-state index is 0.586. The number of para-hydroxylation sites is 3. The third kappa shape index (κ3) is 5.11. The summed E-state index contributed by atoms with van der Waals surface area (Å²) in [6.45, 7) is 0. The Morgan fingerprint density at radius 1 is 0.333 bits per heavy atom. The lowest BCUT2D eigenvalue weighted by Gasteiger charge is -2.40. The molecule has 0 amide bonds. The molecule has 3 heterocycles. The van der Waals surface area contributed by atoms with E-state index in [1.807, 2.05) is 91.0 Å². The highest BCUT2D eigenvalue weighted by atomic mass is 16.5. The summed E-state index contributed by atoms with van der Waals surface area (Å²) < 4.78 is 6.76. The summed E-state index contributed by atoms with van der Waals surface area (Å²) in [6.07, 6.45) is 0. The zero-order chi connectivity index (χ0) is 39.6. The number of hydrogen-bond acceptors (Lipinski definition) is 6. The van der Waals surface area contributed by atoms with Gasteiger partial charge in [0.25, 0.3) is 0 Å². The Labute approximate surface area is 346 Å². The van der Waals surface area contributed by atoms with Gasteiger partial charge in [0.2, 0.25) is 0 Å². The molecule has 0 saturated heterocycles. The molecule has 6 heteroatoms. The monoisotopic (exact) mass is 767 g/mol. The Hall–Kier alpha value is -8.09. The number of benzene rings is 8. The molecule has 10 aromatic rings. The number of hydrogen-bond donors (Lipinski definition) is 0. The molecule has 1 aliphatic carbocycles. The molecular weight excluding hydrogens is 735 g/mol. The average Bonchev–Trinajstić information content (AvgIpc) is 3.63. The molecule has 1 spiro atoms. The molecule has 0 unspecified atom stereocenters. The Balaban J connectivity index is 1.21. The molecule has 2 aliphatic rings. The number of rotatable bonds is 5. The number of fused-ring (bicyclic) bond motifs is 10. The zero-order valence-electron chi connectivity index (χ0n) is 32.2. The molecule has 0 fully saturated rings. The van der Waals surface area contributed by atoms with E-state index >= 15 is 0 Å². The Morgan fingerprint density at radius 2 is 0.817 bits per heavy atom. The molecule has 6 nitrogen and oxygen atoms in total. The van der Waals surface area contributed by atoms with Crippen molar-refractivity contribution in [1.82, 2.24) is 24.9 Å². The van der Waals surface area contributed by atoms with Crippen molar-refractivity contribution in [3.63, 3.8) is 0 Å². The van der Waals surface area contributed by atoms with Gasteiger partial charge in [-0.2, -0.15) is 0 Å². The predicted octanol–water partition coefficient (Wildman–Crippen LogP) is 12.6. The van der Waals surface area contributed by atoms with E-state index in [2.05, 4.69) is 109 Å². The Kier molecular flexibility index (Phi) is 7.65. The van der Waals surface area contributed by atoms with Gasteiger partial charge in [0.1, 0.15) is 11.5 Å². The van der Waals surface area contributed by atoms with Gasteiger partial charge in [-0.1, -0.05) is 182 Å². The second-order valence-electron chi connectivity index (χ2n) is 15.1. The lowest BCUT2D eigenvalue weighted by molar-refractivity contribution is 0.436. The van der Waals surface area contributed by atoms with Gasteiger partial charge in [0.15, 0.2) is 23.3 Å². The minimum Gasteiger partial charge on any atom is -0.457 e. The molecule has 8 aromatic carbocycles. The standard InChI is InChI=1S/C54H33N5O/c1-4-18-34(19-5-1)49-37-24-10-13-31-44(37)55-52(56-49)39-26-17-30-43-47(39)38-25-16-27-40(48(38)54(43)41-28-11-14-32-45(41)60-46-33-15-12-29-42(46)54)53-58-50(35-20-6-2-7-21-35)57-51(59-53)36-22-8-3-9-23-36/h1-33H. The third-order valence-electron chi connectivity index (χ3n) is 11.8. The van der Waals surface area contributed by atoms with E-state index in [4.69, 9.17) is 29.7 Å². The topological polar surface area (TPSA) is 73.7 Å². The lowest BCUT2D eigenvalue weighted by atomic mass is 9.65. The van der Waals surface area contributed by atoms with Crippen LogP contribution in [-0.2, 0) is 5.41 Å². The van der Waals surface area contributed by atoms with Crippen LogP contribution in [0.5, 0.6) is 11.5 Å². The molecule has 0 radical (unpaired) electrons. The van der Waals surface area contributed by atoms with Crippen LogP contribution in [0.3, 0.4) is 0 Å². The summed E-state index contributed by atoms with van der Waals surface area (Å²) in [4.78, 5) is 26.4.